The molecule has 362 valence electrons. The summed E-state index contributed by atoms with van der Waals surface area (Å²) in [5.74, 6) is 3.91. The van der Waals surface area contributed by atoms with E-state index in [1.54, 1.807) is 43.1 Å². The molecule has 0 amide bonds. The van der Waals surface area contributed by atoms with Crippen LogP contribution < -0.4 is 25.8 Å². The van der Waals surface area contributed by atoms with Gasteiger partial charge in [0.05, 0.1) is 0 Å². The lowest BCUT2D eigenvalue weighted by Crippen LogP contribution is -1.99. The third-order valence-corrected chi connectivity index (χ3v) is 12.3. The smallest absolute Gasteiger partial charge is 0.213 e. The van der Waals surface area contributed by atoms with Gasteiger partial charge in [-0.05, 0) is 89.0 Å². The van der Waals surface area contributed by atoms with Gasteiger partial charge in [-0.2, -0.15) is 4.39 Å². The lowest BCUT2D eigenvalue weighted by molar-refractivity contribution is 0.483. The molecule has 0 aliphatic carbocycles. The van der Waals surface area contributed by atoms with Gasteiger partial charge in [-0.25, -0.2) is 9.97 Å². The highest BCUT2D eigenvalue weighted by Crippen LogP contribution is 2.39. The number of rotatable bonds is 12. The van der Waals surface area contributed by atoms with Gasteiger partial charge in [-0.1, -0.05) is 115 Å². The number of hydrogen-bond donors (Lipinski definition) is 3. The Balaban J connectivity index is 0.000000161. The van der Waals surface area contributed by atoms with Gasteiger partial charge >= 0.3 is 0 Å². The lowest BCUT2D eigenvalue weighted by Gasteiger charge is -2.14. The molecule has 0 saturated carbocycles. The molecule has 6 aromatic heterocycles. The predicted molar refractivity (Wildman–Crippen MR) is 294 cm³/mol. The first kappa shape index (κ1) is 46.9. The zero-order valence-corrected chi connectivity index (χ0v) is 40.2. The molecule has 0 fully saturated rings. The molecule has 0 aliphatic rings. The molecule has 6 aromatic carbocycles. The van der Waals surface area contributed by atoms with Crippen molar-refractivity contribution in [3.63, 3.8) is 0 Å². The van der Waals surface area contributed by atoms with Crippen LogP contribution in [0.1, 0.15) is 0 Å². The van der Waals surface area contributed by atoms with Crippen molar-refractivity contribution in [3.8, 4) is 78.9 Å². The quantitative estimate of drug-likeness (QED) is 0.0989. The summed E-state index contributed by atoms with van der Waals surface area (Å²) in [5, 5.41) is 28.0. The Morgan fingerprint density at radius 1 is 0.453 bits per heavy atom. The van der Waals surface area contributed by atoms with Crippen LogP contribution in [0, 0.1) is 5.95 Å². The number of nitrogens with zero attached hydrogens (tertiary/aromatic N) is 8. The molecule has 0 atom stereocenters. The Hall–Kier alpha value is -10.5. The molecule has 0 unspecified atom stereocenters. The zero-order valence-electron chi connectivity index (χ0n) is 40.2. The first-order chi connectivity index (χ1) is 37.0. The molecule has 4 N–H and O–H groups in total. The molecule has 13 nitrogen and oxygen atoms in total. The van der Waals surface area contributed by atoms with Crippen molar-refractivity contribution in [2.75, 3.05) is 23.4 Å². The van der Waals surface area contributed by atoms with Gasteiger partial charge in [0.2, 0.25) is 5.95 Å². The predicted octanol–water partition coefficient (Wildman–Crippen LogP) is 14.3. The van der Waals surface area contributed by atoms with E-state index in [-0.39, 0.29) is 0 Å². The van der Waals surface area contributed by atoms with E-state index < -0.39 is 5.95 Å². The number of aromatic nitrogens is 8. The summed E-state index contributed by atoms with van der Waals surface area (Å²) in [5.41, 5.74) is 15.8. The van der Waals surface area contributed by atoms with Crippen LogP contribution in [-0.2, 0) is 0 Å². The molecule has 0 saturated heterocycles. The number of nitrogen functional groups attached to an aromatic ring is 1. The van der Waals surface area contributed by atoms with Crippen molar-refractivity contribution in [1.82, 2.24) is 40.3 Å². The van der Waals surface area contributed by atoms with Crippen molar-refractivity contribution >= 4 is 44.7 Å². The van der Waals surface area contributed by atoms with Crippen LogP contribution in [0.25, 0.3) is 77.4 Å². The minimum Gasteiger partial charge on any atom is -0.457 e. The Kier molecular flexibility index (Phi) is 13.4. The van der Waals surface area contributed by atoms with Crippen LogP contribution in [0.2, 0.25) is 0 Å². The average molecular weight is 982 g/mol. The summed E-state index contributed by atoms with van der Waals surface area (Å²) in [6, 6.07) is 60.3. The van der Waals surface area contributed by atoms with E-state index in [4.69, 9.17) is 15.2 Å². The first-order valence-corrected chi connectivity index (χ1v) is 23.8. The molecule has 12 aromatic rings. The largest absolute Gasteiger partial charge is 0.457 e. The van der Waals surface area contributed by atoms with E-state index in [0.717, 1.165) is 77.8 Å². The molecular weight excluding hydrogens is 938 g/mol. The average Bonchev–Trinajstić information content (AvgIpc) is 3.49. The van der Waals surface area contributed by atoms with E-state index in [9.17, 15) is 4.39 Å². The van der Waals surface area contributed by atoms with Gasteiger partial charge in [-0.3, -0.25) is 9.97 Å². The Labute approximate surface area is 430 Å². The SMILES string of the molecule is CNc1cc(-c2cnccc2Oc2ccc(Nc3nnc(-c4ccccc4)c4ccccc34)cc2)ccn1.Nc1nnc(-c2ccccc2)c2c(-c3ccc(Oc4ccncc4-c4ccnc(F)c4)cc3)cccc12. The van der Waals surface area contributed by atoms with Crippen molar-refractivity contribution in [2.24, 2.45) is 0 Å². The van der Waals surface area contributed by atoms with Crippen molar-refractivity contribution in [2.45, 2.75) is 0 Å². The van der Waals surface area contributed by atoms with Crippen LogP contribution in [0.15, 0.2) is 225 Å². The summed E-state index contributed by atoms with van der Waals surface area (Å²) in [7, 11) is 1.84. The number of nitrogens with two attached hydrogens (primary N) is 1. The monoisotopic (exact) mass is 981 g/mol. The van der Waals surface area contributed by atoms with Crippen molar-refractivity contribution in [1.29, 1.82) is 0 Å². The molecule has 12 rings (SSSR count). The summed E-state index contributed by atoms with van der Waals surface area (Å²) >= 11 is 0. The summed E-state index contributed by atoms with van der Waals surface area (Å²) in [6.45, 7) is 0. The van der Waals surface area contributed by atoms with Crippen LogP contribution in [0.5, 0.6) is 23.0 Å². The van der Waals surface area contributed by atoms with E-state index in [2.05, 4.69) is 63.1 Å². The molecule has 6 heterocycles. The molecule has 0 spiro atoms. The van der Waals surface area contributed by atoms with Gasteiger partial charge in [0, 0.05) is 99.8 Å². The highest BCUT2D eigenvalue weighted by molar-refractivity contribution is 6.08. The van der Waals surface area contributed by atoms with Gasteiger partial charge in [0.25, 0.3) is 0 Å². The minimum absolute atomic E-state index is 0.384. The number of pyridine rings is 4. The van der Waals surface area contributed by atoms with Gasteiger partial charge in [0.15, 0.2) is 11.6 Å². The third-order valence-electron chi connectivity index (χ3n) is 12.3. The zero-order chi connectivity index (χ0) is 50.9. The van der Waals surface area contributed by atoms with E-state index in [1.807, 2.05) is 165 Å². The summed E-state index contributed by atoms with van der Waals surface area (Å²) < 4.78 is 26.1. The van der Waals surface area contributed by atoms with Crippen LogP contribution >= 0.6 is 0 Å². The molecular formula is C61H44FN11O2. The first-order valence-electron chi connectivity index (χ1n) is 23.8. The lowest BCUT2D eigenvalue weighted by atomic mass is 9.95. The minimum atomic E-state index is -0.563. The van der Waals surface area contributed by atoms with Crippen LogP contribution in [0.3, 0.4) is 0 Å². The number of ether oxygens (including phenoxy) is 2. The molecule has 14 heteroatoms. The van der Waals surface area contributed by atoms with Crippen LogP contribution in [0.4, 0.5) is 27.5 Å². The van der Waals surface area contributed by atoms with Crippen molar-refractivity contribution < 1.29 is 13.9 Å². The maximum Gasteiger partial charge on any atom is 0.213 e. The second kappa shape index (κ2) is 21.5. The Bertz CT molecular complexity index is 3940. The second-order valence-corrected chi connectivity index (χ2v) is 17.0. The van der Waals surface area contributed by atoms with Gasteiger partial charge in [0.1, 0.15) is 40.2 Å². The number of benzene rings is 6. The number of halogens is 1. The maximum absolute atomic E-state index is 13.7. The number of fused-ring (bicyclic) bond motifs is 2. The van der Waals surface area contributed by atoms with Gasteiger partial charge in [-0.15, -0.1) is 20.4 Å². The second-order valence-electron chi connectivity index (χ2n) is 17.0. The highest BCUT2D eigenvalue weighted by Gasteiger charge is 2.17. The van der Waals surface area contributed by atoms with Crippen LogP contribution in [-0.4, -0.2) is 47.4 Å². The number of nitrogens with one attached hydrogen (secondary N) is 2. The third kappa shape index (κ3) is 10.3. The summed E-state index contributed by atoms with van der Waals surface area (Å²) in [6.07, 6.45) is 9.97. The molecule has 0 bridgehead atoms. The fourth-order valence-corrected chi connectivity index (χ4v) is 8.65. The normalized spacial score (nSPS) is 10.9. The Morgan fingerprint density at radius 2 is 1.03 bits per heavy atom. The number of hydrogen-bond acceptors (Lipinski definition) is 13. The fraction of sp³-hybridized carbons (Fsp3) is 0.0164. The van der Waals surface area contributed by atoms with E-state index in [0.29, 0.717) is 45.8 Å². The fourth-order valence-electron chi connectivity index (χ4n) is 8.65. The van der Waals surface area contributed by atoms with E-state index >= 15 is 0 Å². The molecule has 0 radical (unpaired) electrons. The Morgan fingerprint density at radius 3 is 1.68 bits per heavy atom. The highest BCUT2D eigenvalue weighted by atomic mass is 19.1. The van der Waals surface area contributed by atoms with Gasteiger partial charge < -0.3 is 25.8 Å². The molecule has 75 heavy (non-hydrogen) atoms. The van der Waals surface area contributed by atoms with E-state index in [1.165, 1.54) is 12.3 Å². The number of anilines is 4. The summed E-state index contributed by atoms with van der Waals surface area (Å²) in [4.78, 5) is 16.4. The van der Waals surface area contributed by atoms with Crippen molar-refractivity contribution in [3.05, 3.63) is 231 Å². The standard InChI is InChI=1S/C31H24N6O.C30H20FN5O/c1-32-29-19-22(15-18-34-29)27-20-33-17-16-28(27)38-24-13-11-23(12-14-24)35-31-26-10-6-5-9-25(26)30(36-37-31)21-7-3-2-4-8-21;31-27-17-21(13-16-34-27)25-18-33-15-14-26(25)37-22-11-9-19(10-12-22)23-7-4-8-24-28(23)29(35-36-30(24)32)20-5-2-1-3-6-20/h2-20H,1H3,(H,32,34)(H,35,37);1-18H,(H2,32,36). The molecule has 0 aliphatic heterocycles. The maximum atomic E-state index is 13.7. The topological polar surface area (TPSA) is 172 Å².